The molecule has 0 bridgehead atoms. The molecule has 0 radical (unpaired) electrons. The zero-order valence-corrected chi connectivity index (χ0v) is 9.90. The molecule has 2 aromatic carbocycles. The fraction of sp³-hybridized carbons (Fsp3) is 0.200. The van der Waals surface area contributed by atoms with Crippen molar-refractivity contribution < 1.29 is 5.32 Å². The van der Waals surface area contributed by atoms with Gasteiger partial charge in [-0.3, -0.25) is 0 Å². The minimum atomic E-state index is 1.01. The summed E-state index contributed by atoms with van der Waals surface area (Å²) in [6, 6.07) is 17.2. The van der Waals surface area contributed by atoms with Crippen LogP contribution in [-0.4, -0.2) is 0 Å². The molecule has 1 heteroatoms. The van der Waals surface area contributed by atoms with Crippen molar-refractivity contribution in [3.8, 4) is 0 Å². The van der Waals surface area contributed by atoms with E-state index in [0.717, 1.165) is 6.54 Å². The van der Waals surface area contributed by atoms with Gasteiger partial charge >= 0.3 is 0 Å². The van der Waals surface area contributed by atoms with Gasteiger partial charge in [-0.25, -0.2) is 0 Å². The quantitative estimate of drug-likeness (QED) is 0.753. The summed E-state index contributed by atoms with van der Waals surface area (Å²) in [4.78, 5) is 0. The highest BCUT2D eigenvalue weighted by Crippen LogP contribution is 2.06. The first-order valence-corrected chi connectivity index (χ1v) is 5.70. The third-order valence-corrected chi connectivity index (χ3v) is 2.90. The highest BCUT2D eigenvalue weighted by Gasteiger charge is 2.00. The molecule has 0 spiro atoms. The normalized spacial score (nSPS) is 10.4. The van der Waals surface area contributed by atoms with Crippen LogP contribution in [0.5, 0.6) is 0 Å². The molecule has 0 aromatic heterocycles. The summed E-state index contributed by atoms with van der Waals surface area (Å²) in [5.41, 5.74) is 5.39. The van der Waals surface area contributed by atoms with Crippen LogP contribution in [-0.2, 0) is 6.54 Å². The minimum Gasteiger partial charge on any atom is -0.310 e. The summed E-state index contributed by atoms with van der Waals surface area (Å²) < 4.78 is 0. The van der Waals surface area contributed by atoms with E-state index in [9.17, 15) is 0 Å². The van der Waals surface area contributed by atoms with Crippen molar-refractivity contribution in [3.05, 3.63) is 65.2 Å². The Morgan fingerprint density at radius 2 is 1.56 bits per heavy atom. The molecule has 1 nitrogen and oxygen atoms in total. The van der Waals surface area contributed by atoms with Crippen molar-refractivity contribution in [2.75, 3.05) is 0 Å². The number of rotatable bonds is 3. The molecule has 16 heavy (non-hydrogen) atoms. The first-order chi connectivity index (χ1) is 7.75. The topological polar surface area (TPSA) is 16.6 Å². The van der Waals surface area contributed by atoms with Crippen molar-refractivity contribution in [1.82, 2.24) is 0 Å². The first-order valence-electron chi connectivity index (χ1n) is 5.70. The molecule has 0 saturated carbocycles. The van der Waals surface area contributed by atoms with Crippen LogP contribution in [0.1, 0.15) is 16.7 Å². The third kappa shape index (κ3) is 2.71. The molecule has 82 valence electrons. The Kier molecular flexibility index (Phi) is 3.37. The van der Waals surface area contributed by atoms with Gasteiger partial charge in [-0.2, -0.15) is 0 Å². The van der Waals surface area contributed by atoms with E-state index in [1.165, 1.54) is 22.4 Å². The van der Waals surface area contributed by atoms with Crippen LogP contribution in [0, 0.1) is 13.8 Å². The number of hydrogen-bond acceptors (Lipinski definition) is 0. The third-order valence-electron chi connectivity index (χ3n) is 2.90. The average molecular weight is 212 g/mol. The van der Waals surface area contributed by atoms with Gasteiger partial charge in [-0.1, -0.05) is 42.0 Å². The lowest BCUT2D eigenvalue weighted by Gasteiger charge is -2.04. The molecule has 2 rings (SSSR count). The van der Waals surface area contributed by atoms with E-state index in [2.05, 4.69) is 67.7 Å². The van der Waals surface area contributed by atoms with E-state index in [0.29, 0.717) is 0 Å². The smallest absolute Gasteiger partial charge is 0.129 e. The van der Waals surface area contributed by atoms with Crippen LogP contribution in [0.2, 0.25) is 0 Å². The predicted octanol–water partition coefficient (Wildman–Crippen LogP) is 2.70. The van der Waals surface area contributed by atoms with Crippen molar-refractivity contribution in [2.24, 2.45) is 0 Å². The molecular weight excluding hydrogens is 194 g/mol. The molecule has 0 unspecified atom stereocenters. The molecule has 0 fully saturated rings. The second-order valence-corrected chi connectivity index (χ2v) is 4.25. The van der Waals surface area contributed by atoms with Crippen molar-refractivity contribution in [1.29, 1.82) is 0 Å². The van der Waals surface area contributed by atoms with Gasteiger partial charge in [0.15, 0.2) is 0 Å². The van der Waals surface area contributed by atoms with Gasteiger partial charge in [0.2, 0.25) is 0 Å². The Hall–Kier alpha value is -1.60. The van der Waals surface area contributed by atoms with E-state index in [1.807, 2.05) is 0 Å². The molecule has 0 amide bonds. The fourth-order valence-electron chi connectivity index (χ4n) is 1.77. The number of nitrogens with two attached hydrogens (primary N) is 1. The lowest BCUT2D eigenvalue weighted by Crippen LogP contribution is -2.76. The average Bonchev–Trinajstić information content (AvgIpc) is 2.30. The van der Waals surface area contributed by atoms with Gasteiger partial charge in [-0.15, -0.1) is 0 Å². The number of aryl methyl sites for hydroxylation is 2. The molecule has 0 heterocycles. The molecule has 0 aliphatic rings. The molecule has 2 N–H and O–H groups in total. The zero-order chi connectivity index (χ0) is 11.4. The van der Waals surface area contributed by atoms with E-state index in [1.54, 1.807) is 0 Å². The fourth-order valence-corrected chi connectivity index (χ4v) is 1.77. The molecule has 0 saturated heterocycles. The second kappa shape index (κ2) is 4.95. The van der Waals surface area contributed by atoms with E-state index >= 15 is 0 Å². The second-order valence-electron chi connectivity index (χ2n) is 4.25. The Morgan fingerprint density at radius 1 is 0.875 bits per heavy atom. The monoisotopic (exact) mass is 212 g/mol. The number of benzene rings is 2. The van der Waals surface area contributed by atoms with E-state index < -0.39 is 0 Å². The van der Waals surface area contributed by atoms with E-state index in [-0.39, 0.29) is 0 Å². The standard InChI is InChI=1S/C15H17N/c1-12-7-9-15(10-8-12)16-11-14-6-4-3-5-13(14)2/h3-10,16H,11H2,1-2H3/p+1. The van der Waals surface area contributed by atoms with Gasteiger partial charge in [0.1, 0.15) is 12.2 Å². The Morgan fingerprint density at radius 3 is 2.25 bits per heavy atom. The highest BCUT2D eigenvalue weighted by atomic mass is 14.9. The minimum absolute atomic E-state index is 1.01. The van der Waals surface area contributed by atoms with Gasteiger partial charge < -0.3 is 5.32 Å². The maximum atomic E-state index is 2.28. The Bertz CT molecular complexity index is 457. The van der Waals surface area contributed by atoms with Gasteiger partial charge in [-0.05, 0) is 31.5 Å². The SMILES string of the molecule is Cc1ccc([NH2+]Cc2ccccc2C)cc1. The van der Waals surface area contributed by atoms with Crippen LogP contribution in [0.15, 0.2) is 48.5 Å². The van der Waals surface area contributed by atoms with Crippen molar-refractivity contribution in [3.63, 3.8) is 0 Å². The van der Waals surface area contributed by atoms with Crippen molar-refractivity contribution >= 4 is 5.69 Å². The van der Waals surface area contributed by atoms with Crippen LogP contribution in [0.25, 0.3) is 0 Å². The molecular formula is C15H18N+. The molecule has 0 aliphatic carbocycles. The van der Waals surface area contributed by atoms with Crippen molar-refractivity contribution in [2.45, 2.75) is 20.4 Å². The predicted molar refractivity (Wildman–Crippen MR) is 67.6 cm³/mol. The first kappa shape index (κ1) is 10.9. The lowest BCUT2D eigenvalue weighted by atomic mass is 10.1. The summed E-state index contributed by atoms with van der Waals surface area (Å²) in [6.45, 7) is 5.29. The maximum absolute atomic E-state index is 2.28. The van der Waals surface area contributed by atoms with Crippen LogP contribution >= 0.6 is 0 Å². The Labute approximate surface area is 97.1 Å². The molecule has 2 aromatic rings. The summed E-state index contributed by atoms with van der Waals surface area (Å²) in [6.07, 6.45) is 0. The number of quaternary nitrogens is 1. The highest BCUT2D eigenvalue weighted by molar-refractivity contribution is 5.31. The van der Waals surface area contributed by atoms with Gasteiger partial charge in [0.05, 0.1) is 0 Å². The molecule has 0 aliphatic heterocycles. The summed E-state index contributed by atoms with van der Waals surface area (Å²) in [5.74, 6) is 0. The summed E-state index contributed by atoms with van der Waals surface area (Å²) >= 11 is 0. The Balaban J connectivity index is 2.02. The van der Waals surface area contributed by atoms with Crippen LogP contribution in [0.3, 0.4) is 0 Å². The lowest BCUT2D eigenvalue weighted by molar-refractivity contribution is -0.588. The van der Waals surface area contributed by atoms with Crippen LogP contribution < -0.4 is 5.32 Å². The maximum Gasteiger partial charge on any atom is 0.129 e. The van der Waals surface area contributed by atoms with Gasteiger partial charge in [0, 0.05) is 5.56 Å². The number of hydrogen-bond donors (Lipinski definition) is 1. The zero-order valence-electron chi connectivity index (χ0n) is 9.90. The summed E-state index contributed by atoms with van der Waals surface area (Å²) in [5, 5.41) is 2.28. The van der Waals surface area contributed by atoms with Crippen LogP contribution in [0.4, 0.5) is 5.69 Å². The largest absolute Gasteiger partial charge is 0.310 e. The van der Waals surface area contributed by atoms with Gasteiger partial charge in [0.25, 0.3) is 0 Å². The summed E-state index contributed by atoms with van der Waals surface area (Å²) in [7, 11) is 0. The van der Waals surface area contributed by atoms with E-state index in [4.69, 9.17) is 0 Å². The molecule has 0 atom stereocenters.